The highest BCUT2D eigenvalue weighted by Gasteiger charge is 2.18. The summed E-state index contributed by atoms with van der Waals surface area (Å²) in [5, 5.41) is 9.62. The van der Waals surface area contributed by atoms with E-state index in [0.717, 1.165) is 66.7 Å². The molecule has 256 valence electrons. The monoisotopic (exact) mass is 700 g/mol. The fraction of sp³-hybridized carbons (Fsp3) is 0. The van der Waals surface area contributed by atoms with Crippen molar-refractivity contribution in [1.29, 1.82) is 0 Å². The van der Waals surface area contributed by atoms with Crippen LogP contribution in [0.1, 0.15) is 0 Å². The third kappa shape index (κ3) is 5.28. The number of nitrogens with zero attached hydrogens (tertiary/aromatic N) is 2. The summed E-state index contributed by atoms with van der Waals surface area (Å²) >= 11 is 0. The zero-order valence-electron chi connectivity index (χ0n) is 29.8. The number of hydrogen-bond donors (Lipinski definition) is 0. The van der Waals surface area contributed by atoms with Gasteiger partial charge in [-0.15, -0.1) is 0 Å². The summed E-state index contributed by atoms with van der Waals surface area (Å²) in [6, 6.07) is 68.6. The van der Waals surface area contributed by atoms with Gasteiger partial charge in [-0.25, -0.2) is 9.97 Å². The van der Waals surface area contributed by atoms with Crippen molar-refractivity contribution in [1.82, 2.24) is 9.97 Å². The Morgan fingerprint density at radius 3 is 1.85 bits per heavy atom. The number of aromatic nitrogens is 2. The van der Waals surface area contributed by atoms with Gasteiger partial charge in [0.15, 0.2) is 5.82 Å². The molecule has 0 unspecified atom stereocenters. The highest BCUT2D eigenvalue weighted by molar-refractivity contribution is 6.20. The van der Waals surface area contributed by atoms with E-state index in [4.69, 9.17) is 14.4 Å². The van der Waals surface area contributed by atoms with Crippen molar-refractivity contribution in [3.05, 3.63) is 194 Å². The minimum atomic E-state index is 0.658. The van der Waals surface area contributed by atoms with Gasteiger partial charge in [0, 0.05) is 27.5 Å². The first kappa shape index (κ1) is 31.2. The minimum Gasteiger partial charge on any atom is -0.455 e. The minimum absolute atomic E-state index is 0.658. The van der Waals surface area contributed by atoms with Crippen LogP contribution in [0.25, 0.3) is 110 Å². The number of rotatable bonds is 5. The molecular formula is C52H32N2O. The summed E-state index contributed by atoms with van der Waals surface area (Å²) in [5.74, 6) is 0.658. The zero-order chi connectivity index (χ0) is 36.3. The van der Waals surface area contributed by atoms with Gasteiger partial charge in [0.1, 0.15) is 11.2 Å². The predicted molar refractivity (Wildman–Crippen MR) is 229 cm³/mol. The molecule has 3 nitrogen and oxygen atoms in total. The lowest BCUT2D eigenvalue weighted by Gasteiger charge is -2.15. The molecule has 2 aromatic heterocycles. The van der Waals surface area contributed by atoms with Crippen LogP contribution in [0.2, 0.25) is 0 Å². The van der Waals surface area contributed by atoms with Gasteiger partial charge < -0.3 is 4.42 Å². The average Bonchev–Trinajstić information content (AvgIpc) is 3.65. The van der Waals surface area contributed by atoms with Gasteiger partial charge in [0.05, 0.1) is 11.4 Å². The first-order valence-corrected chi connectivity index (χ1v) is 18.6. The van der Waals surface area contributed by atoms with Crippen molar-refractivity contribution >= 4 is 54.3 Å². The summed E-state index contributed by atoms with van der Waals surface area (Å²) in [5.41, 5.74) is 10.9. The molecule has 0 N–H and O–H groups in total. The molecule has 0 saturated carbocycles. The Kier molecular flexibility index (Phi) is 7.17. The van der Waals surface area contributed by atoms with Crippen LogP contribution in [0.4, 0.5) is 0 Å². The van der Waals surface area contributed by atoms with Gasteiger partial charge in [0.25, 0.3) is 0 Å². The van der Waals surface area contributed by atoms with Crippen molar-refractivity contribution in [3.63, 3.8) is 0 Å². The molecule has 3 heteroatoms. The Bertz CT molecular complexity index is 3250. The largest absolute Gasteiger partial charge is 0.455 e. The number of hydrogen-bond acceptors (Lipinski definition) is 3. The van der Waals surface area contributed by atoms with Crippen LogP contribution in [-0.4, -0.2) is 9.97 Å². The van der Waals surface area contributed by atoms with E-state index in [2.05, 4.69) is 176 Å². The normalized spacial score (nSPS) is 11.6. The van der Waals surface area contributed by atoms with E-state index < -0.39 is 0 Å². The zero-order valence-corrected chi connectivity index (χ0v) is 29.8. The third-order valence-electron chi connectivity index (χ3n) is 10.9. The van der Waals surface area contributed by atoms with E-state index in [1.54, 1.807) is 0 Å². The molecule has 2 heterocycles. The van der Waals surface area contributed by atoms with E-state index in [1.807, 2.05) is 18.2 Å². The highest BCUT2D eigenvalue weighted by Crippen LogP contribution is 2.41. The molecular weight excluding hydrogens is 669 g/mol. The third-order valence-corrected chi connectivity index (χ3v) is 10.9. The van der Waals surface area contributed by atoms with Gasteiger partial charge in [-0.2, -0.15) is 0 Å². The van der Waals surface area contributed by atoms with Crippen molar-refractivity contribution < 1.29 is 4.42 Å². The van der Waals surface area contributed by atoms with Gasteiger partial charge in [0.2, 0.25) is 0 Å². The van der Waals surface area contributed by atoms with Gasteiger partial charge in [-0.05, 0) is 84.9 Å². The van der Waals surface area contributed by atoms with Crippen LogP contribution < -0.4 is 0 Å². The number of fused-ring (bicyclic) bond motifs is 7. The maximum absolute atomic E-state index is 6.51. The molecule has 9 aromatic carbocycles. The predicted octanol–water partition coefficient (Wildman–Crippen LogP) is 14.2. The van der Waals surface area contributed by atoms with E-state index in [-0.39, 0.29) is 0 Å². The molecule has 0 saturated heterocycles. The van der Waals surface area contributed by atoms with E-state index >= 15 is 0 Å². The summed E-state index contributed by atoms with van der Waals surface area (Å²) in [6.07, 6.45) is 0. The summed E-state index contributed by atoms with van der Waals surface area (Å²) in [7, 11) is 0. The molecule has 0 aliphatic heterocycles. The smallest absolute Gasteiger partial charge is 0.160 e. The number of benzene rings is 9. The molecule has 0 aliphatic rings. The number of para-hydroxylation sites is 2. The lowest BCUT2D eigenvalue weighted by atomic mass is 9.89. The molecule has 11 aromatic rings. The Morgan fingerprint density at radius 2 is 0.982 bits per heavy atom. The SMILES string of the molecule is c1ccc(-c2cccc(-c3cc(-c4cccc5c4oc4ccccc45)nc(-c4ccc(-c5c6ccccc6cc6c5ccc5ccccc56)cc4)n3)c2)cc1. The first-order chi connectivity index (χ1) is 27.2. The standard InChI is InChI=1S/C52H32N2O/c1-2-12-33(13-3-1)37-16-10-17-39(30-37)47-32-48(45-22-11-21-44-42-20-8-9-23-49(42)55-51(44)45)54-52(53-47)36-26-24-35(25-27-36)50-41-19-7-5-15-38(41)31-46-40-18-6-4-14-34(40)28-29-43(46)50/h1-32H. The molecule has 11 rings (SSSR count). The molecule has 0 bridgehead atoms. The van der Waals surface area contributed by atoms with Gasteiger partial charge >= 0.3 is 0 Å². The van der Waals surface area contributed by atoms with E-state index in [1.165, 1.54) is 37.9 Å². The summed E-state index contributed by atoms with van der Waals surface area (Å²) in [6.45, 7) is 0. The van der Waals surface area contributed by atoms with E-state index in [0.29, 0.717) is 5.82 Å². The van der Waals surface area contributed by atoms with Crippen molar-refractivity contribution in [3.8, 4) is 56.2 Å². The Hall–Kier alpha value is -7.36. The lowest BCUT2D eigenvalue weighted by Crippen LogP contribution is -1.96. The first-order valence-electron chi connectivity index (χ1n) is 18.6. The van der Waals surface area contributed by atoms with Crippen LogP contribution in [0, 0.1) is 0 Å². The lowest BCUT2D eigenvalue weighted by molar-refractivity contribution is 0.670. The maximum Gasteiger partial charge on any atom is 0.160 e. The van der Waals surface area contributed by atoms with E-state index in [9.17, 15) is 0 Å². The van der Waals surface area contributed by atoms with Crippen molar-refractivity contribution in [2.75, 3.05) is 0 Å². The van der Waals surface area contributed by atoms with Crippen LogP contribution in [0.5, 0.6) is 0 Å². The van der Waals surface area contributed by atoms with Gasteiger partial charge in [-0.1, -0.05) is 164 Å². The molecule has 0 radical (unpaired) electrons. The second-order valence-corrected chi connectivity index (χ2v) is 14.1. The molecule has 0 spiro atoms. The topological polar surface area (TPSA) is 38.9 Å². The summed E-state index contributed by atoms with van der Waals surface area (Å²) in [4.78, 5) is 10.5. The molecule has 0 atom stereocenters. The second kappa shape index (κ2) is 12.6. The van der Waals surface area contributed by atoms with Crippen molar-refractivity contribution in [2.45, 2.75) is 0 Å². The number of furan rings is 1. The molecule has 0 fully saturated rings. The second-order valence-electron chi connectivity index (χ2n) is 14.1. The Morgan fingerprint density at radius 1 is 0.327 bits per heavy atom. The highest BCUT2D eigenvalue weighted by atomic mass is 16.3. The molecule has 55 heavy (non-hydrogen) atoms. The Balaban J connectivity index is 1.09. The van der Waals surface area contributed by atoms with Gasteiger partial charge in [-0.3, -0.25) is 0 Å². The van der Waals surface area contributed by atoms with Crippen LogP contribution >= 0.6 is 0 Å². The maximum atomic E-state index is 6.51. The Labute approximate surface area is 317 Å². The summed E-state index contributed by atoms with van der Waals surface area (Å²) < 4.78 is 6.51. The van der Waals surface area contributed by atoms with Crippen molar-refractivity contribution in [2.24, 2.45) is 0 Å². The average molecular weight is 701 g/mol. The fourth-order valence-electron chi connectivity index (χ4n) is 8.22. The molecule has 0 amide bonds. The van der Waals surface area contributed by atoms with Crippen LogP contribution in [-0.2, 0) is 0 Å². The fourth-order valence-corrected chi connectivity index (χ4v) is 8.22. The molecule has 0 aliphatic carbocycles. The van der Waals surface area contributed by atoms with Crippen LogP contribution in [0.15, 0.2) is 199 Å². The quantitative estimate of drug-likeness (QED) is 0.133. The van der Waals surface area contributed by atoms with Crippen LogP contribution in [0.3, 0.4) is 0 Å².